The molecule has 1 aromatic rings. The van der Waals surface area contributed by atoms with E-state index in [1.165, 1.54) is 10.6 Å². The topological polar surface area (TPSA) is 63.4 Å². The molecule has 0 aromatic heterocycles. The smallest absolute Gasteiger partial charge is 0.232 e. The van der Waals surface area contributed by atoms with Crippen LogP contribution < -0.4 is 10.0 Å². The second kappa shape index (κ2) is 3.75. The number of rotatable bonds is 2. The Kier molecular flexibility index (Phi) is 2.67. The summed E-state index contributed by atoms with van der Waals surface area (Å²) in [6.45, 7) is 2.46. The Morgan fingerprint density at radius 3 is 2.69 bits per heavy atom. The minimum atomic E-state index is -3.15. The summed E-state index contributed by atoms with van der Waals surface area (Å²) in [7, 11) is -3.15. The summed E-state index contributed by atoms with van der Waals surface area (Å²) in [4.78, 5) is 0. The van der Waals surface area contributed by atoms with Crippen molar-refractivity contribution in [3.8, 4) is 0 Å². The van der Waals surface area contributed by atoms with Gasteiger partial charge in [0.15, 0.2) is 0 Å². The number of nitrogens with zero attached hydrogens (tertiary/aromatic N) is 1. The lowest BCUT2D eigenvalue weighted by Gasteiger charge is -2.17. The Hall–Kier alpha value is -1.07. The molecule has 1 aromatic carbocycles. The van der Waals surface area contributed by atoms with E-state index in [4.69, 9.17) is 5.73 Å². The zero-order valence-electron chi connectivity index (χ0n) is 9.47. The molecule has 0 bridgehead atoms. The van der Waals surface area contributed by atoms with E-state index in [0.717, 1.165) is 23.2 Å². The predicted octanol–water partition coefficient (Wildman–Crippen LogP) is 1.03. The van der Waals surface area contributed by atoms with Crippen LogP contribution in [0.15, 0.2) is 18.2 Å². The molecule has 16 heavy (non-hydrogen) atoms. The van der Waals surface area contributed by atoms with Crippen LogP contribution in [-0.2, 0) is 16.4 Å². The van der Waals surface area contributed by atoms with Crippen molar-refractivity contribution >= 4 is 15.7 Å². The molecule has 1 heterocycles. The highest BCUT2D eigenvalue weighted by Crippen LogP contribution is 2.31. The molecule has 2 rings (SSSR count). The molecule has 0 spiro atoms. The molecule has 0 radical (unpaired) electrons. The monoisotopic (exact) mass is 240 g/mol. The Morgan fingerprint density at radius 2 is 2.12 bits per heavy atom. The van der Waals surface area contributed by atoms with Crippen LogP contribution in [0.1, 0.15) is 24.1 Å². The van der Waals surface area contributed by atoms with E-state index in [2.05, 4.69) is 0 Å². The van der Waals surface area contributed by atoms with E-state index in [1.807, 2.05) is 25.1 Å². The first-order chi connectivity index (χ1) is 7.39. The van der Waals surface area contributed by atoms with Gasteiger partial charge in [0.2, 0.25) is 10.0 Å². The summed E-state index contributed by atoms with van der Waals surface area (Å²) >= 11 is 0. The summed E-state index contributed by atoms with van der Waals surface area (Å²) in [6, 6.07) is 5.73. The molecule has 0 aliphatic carbocycles. The van der Waals surface area contributed by atoms with E-state index in [-0.39, 0.29) is 6.04 Å². The number of hydrogen-bond donors (Lipinski definition) is 1. The third-order valence-electron chi connectivity index (χ3n) is 2.88. The Morgan fingerprint density at radius 1 is 1.44 bits per heavy atom. The average Bonchev–Trinajstić information content (AvgIpc) is 2.58. The standard InChI is InChI=1S/C11H16N2O2S/c1-8(12)9-3-4-11-10(7-9)5-6-13(11)16(2,14)15/h3-4,7-8H,5-6,12H2,1-2H3. The molecule has 0 saturated carbocycles. The maximum atomic E-state index is 11.5. The highest BCUT2D eigenvalue weighted by molar-refractivity contribution is 7.92. The summed E-state index contributed by atoms with van der Waals surface area (Å²) < 4.78 is 24.5. The van der Waals surface area contributed by atoms with Gasteiger partial charge in [0.25, 0.3) is 0 Å². The highest BCUT2D eigenvalue weighted by Gasteiger charge is 2.26. The molecular formula is C11H16N2O2S. The SMILES string of the molecule is CC(N)c1ccc2c(c1)CCN2S(C)(=O)=O. The van der Waals surface area contributed by atoms with Crippen molar-refractivity contribution in [2.75, 3.05) is 17.1 Å². The van der Waals surface area contributed by atoms with Crippen LogP contribution in [0.4, 0.5) is 5.69 Å². The van der Waals surface area contributed by atoms with Crippen molar-refractivity contribution in [3.05, 3.63) is 29.3 Å². The van der Waals surface area contributed by atoms with Gasteiger partial charge in [-0.05, 0) is 30.5 Å². The highest BCUT2D eigenvalue weighted by atomic mass is 32.2. The van der Waals surface area contributed by atoms with Crippen LogP contribution in [0.3, 0.4) is 0 Å². The molecule has 0 fully saturated rings. The first-order valence-electron chi connectivity index (χ1n) is 5.25. The number of benzene rings is 1. The maximum absolute atomic E-state index is 11.5. The Labute approximate surface area is 96.1 Å². The fraction of sp³-hybridized carbons (Fsp3) is 0.455. The number of hydrogen-bond acceptors (Lipinski definition) is 3. The minimum Gasteiger partial charge on any atom is -0.324 e. The molecule has 88 valence electrons. The largest absolute Gasteiger partial charge is 0.324 e. The van der Waals surface area contributed by atoms with Crippen molar-refractivity contribution in [2.24, 2.45) is 5.73 Å². The van der Waals surface area contributed by atoms with Gasteiger partial charge in [0.05, 0.1) is 11.9 Å². The van der Waals surface area contributed by atoms with Crippen molar-refractivity contribution in [2.45, 2.75) is 19.4 Å². The zero-order valence-corrected chi connectivity index (χ0v) is 10.3. The van der Waals surface area contributed by atoms with Gasteiger partial charge < -0.3 is 5.73 Å². The fourth-order valence-corrected chi connectivity index (χ4v) is 2.98. The number of fused-ring (bicyclic) bond motifs is 1. The van der Waals surface area contributed by atoms with Crippen molar-refractivity contribution in [1.82, 2.24) is 0 Å². The van der Waals surface area contributed by atoms with Gasteiger partial charge in [-0.2, -0.15) is 0 Å². The van der Waals surface area contributed by atoms with E-state index < -0.39 is 10.0 Å². The summed E-state index contributed by atoms with van der Waals surface area (Å²) in [5.41, 5.74) is 8.71. The zero-order chi connectivity index (χ0) is 11.9. The number of anilines is 1. The van der Waals surface area contributed by atoms with Crippen LogP contribution in [0.25, 0.3) is 0 Å². The fourth-order valence-electron chi connectivity index (χ4n) is 2.02. The van der Waals surface area contributed by atoms with Gasteiger partial charge in [-0.3, -0.25) is 4.31 Å². The average molecular weight is 240 g/mol. The van der Waals surface area contributed by atoms with Gasteiger partial charge in [-0.15, -0.1) is 0 Å². The number of sulfonamides is 1. The molecule has 2 N–H and O–H groups in total. The summed E-state index contributed by atoms with van der Waals surface area (Å²) in [5, 5.41) is 0. The second-order valence-electron chi connectivity index (χ2n) is 4.26. The minimum absolute atomic E-state index is 0.0161. The number of nitrogens with two attached hydrogens (primary N) is 1. The third-order valence-corrected chi connectivity index (χ3v) is 4.06. The van der Waals surface area contributed by atoms with Gasteiger partial charge in [0.1, 0.15) is 0 Å². The first-order valence-corrected chi connectivity index (χ1v) is 7.10. The van der Waals surface area contributed by atoms with E-state index >= 15 is 0 Å². The summed E-state index contributed by atoms with van der Waals surface area (Å²) in [6.07, 6.45) is 2.00. The van der Waals surface area contributed by atoms with E-state index in [9.17, 15) is 8.42 Å². The van der Waals surface area contributed by atoms with Crippen molar-refractivity contribution in [1.29, 1.82) is 0 Å². The van der Waals surface area contributed by atoms with Gasteiger partial charge in [-0.25, -0.2) is 8.42 Å². The normalized spacial score (nSPS) is 17.3. The third kappa shape index (κ3) is 1.92. The maximum Gasteiger partial charge on any atom is 0.232 e. The van der Waals surface area contributed by atoms with Gasteiger partial charge >= 0.3 is 0 Å². The lowest BCUT2D eigenvalue weighted by Crippen LogP contribution is -2.27. The molecule has 1 aliphatic rings. The van der Waals surface area contributed by atoms with E-state index in [1.54, 1.807) is 0 Å². The molecule has 1 unspecified atom stereocenters. The van der Waals surface area contributed by atoms with Gasteiger partial charge in [0, 0.05) is 12.6 Å². The first kappa shape index (κ1) is 11.4. The van der Waals surface area contributed by atoms with Crippen LogP contribution in [-0.4, -0.2) is 21.2 Å². The molecule has 5 heteroatoms. The van der Waals surface area contributed by atoms with Crippen LogP contribution in [0.5, 0.6) is 0 Å². The molecular weight excluding hydrogens is 224 g/mol. The van der Waals surface area contributed by atoms with Gasteiger partial charge in [-0.1, -0.05) is 12.1 Å². The van der Waals surface area contributed by atoms with Crippen LogP contribution in [0.2, 0.25) is 0 Å². The van der Waals surface area contributed by atoms with Crippen molar-refractivity contribution < 1.29 is 8.42 Å². The quantitative estimate of drug-likeness (QED) is 0.839. The van der Waals surface area contributed by atoms with Crippen molar-refractivity contribution in [3.63, 3.8) is 0 Å². The van der Waals surface area contributed by atoms with E-state index in [0.29, 0.717) is 6.54 Å². The Bertz CT molecular complexity index is 509. The van der Waals surface area contributed by atoms with Crippen LogP contribution >= 0.6 is 0 Å². The summed E-state index contributed by atoms with van der Waals surface area (Å²) in [5.74, 6) is 0. The lowest BCUT2D eigenvalue weighted by atomic mass is 10.0. The second-order valence-corrected chi connectivity index (χ2v) is 6.17. The predicted molar refractivity (Wildman–Crippen MR) is 64.9 cm³/mol. The Balaban J connectivity index is 2.44. The lowest BCUT2D eigenvalue weighted by molar-refractivity contribution is 0.598. The van der Waals surface area contributed by atoms with Crippen LogP contribution in [0, 0.1) is 0 Å². The molecule has 1 aliphatic heterocycles. The molecule has 0 saturated heterocycles. The molecule has 4 nitrogen and oxygen atoms in total. The molecule has 1 atom stereocenters. The molecule has 0 amide bonds.